The Morgan fingerprint density at radius 2 is 1.62 bits per heavy atom. The second-order valence-corrected chi connectivity index (χ2v) is 4.51. The van der Waals surface area contributed by atoms with E-state index in [1.807, 2.05) is 18.2 Å². The highest BCUT2D eigenvalue weighted by Crippen LogP contribution is 2.15. The van der Waals surface area contributed by atoms with Gasteiger partial charge in [-0.2, -0.15) is 0 Å². The number of primary amides is 1. The molecule has 0 heterocycles. The fourth-order valence-electron chi connectivity index (χ4n) is 1.76. The molecule has 0 aliphatic carbocycles. The molecule has 0 aliphatic rings. The number of nitrogens with two attached hydrogens (primary N) is 2. The minimum Gasteiger partial charge on any atom is -0.493 e. The zero-order chi connectivity index (χ0) is 15.1. The van der Waals surface area contributed by atoms with Crippen molar-refractivity contribution >= 4 is 11.6 Å². The van der Waals surface area contributed by atoms with E-state index in [0.717, 1.165) is 12.2 Å². The van der Waals surface area contributed by atoms with Crippen molar-refractivity contribution in [3.8, 4) is 11.5 Å². The Labute approximate surface area is 123 Å². The molecule has 0 fully saturated rings. The average Bonchev–Trinajstić information content (AvgIpc) is 2.47. The lowest BCUT2D eigenvalue weighted by Gasteiger charge is -2.08. The van der Waals surface area contributed by atoms with Crippen LogP contribution in [0.4, 0.5) is 5.69 Å². The molecule has 1 amide bonds. The van der Waals surface area contributed by atoms with Gasteiger partial charge in [0.05, 0.1) is 13.2 Å². The number of rotatable bonds is 7. The maximum atomic E-state index is 10.9. The molecule has 0 aliphatic heterocycles. The summed E-state index contributed by atoms with van der Waals surface area (Å²) < 4.78 is 11.1. The molecule has 0 saturated heterocycles. The van der Waals surface area contributed by atoms with Gasteiger partial charge in [0.25, 0.3) is 0 Å². The molecule has 5 heteroatoms. The first-order valence-corrected chi connectivity index (χ1v) is 6.66. The normalized spacial score (nSPS) is 10.1. The number of carbonyl (C=O) groups excluding carboxylic acids is 1. The molecular weight excluding hydrogens is 268 g/mol. The highest BCUT2D eigenvalue weighted by molar-refractivity contribution is 5.92. The van der Waals surface area contributed by atoms with Gasteiger partial charge in [0, 0.05) is 23.7 Å². The molecule has 0 radical (unpaired) electrons. The first-order valence-electron chi connectivity index (χ1n) is 6.66. The second kappa shape index (κ2) is 7.19. The van der Waals surface area contributed by atoms with Crippen molar-refractivity contribution in [2.45, 2.75) is 6.42 Å². The van der Waals surface area contributed by atoms with E-state index >= 15 is 0 Å². The summed E-state index contributed by atoms with van der Waals surface area (Å²) in [5, 5.41) is 0. The first kappa shape index (κ1) is 14.7. The Morgan fingerprint density at radius 3 is 2.24 bits per heavy atom. The molecule has 2 rings (SSSR count). The molecular formula is C16H18N2O3. The summed E-state index contributed by atoms with van der Waals surface area (Å²) in [5.74, 6) is 1.00. The maximum absolute atomic E-state index is 10.9. The van der Waals surface area contributed by atoms with Crippen LogP contribution in [0.2, 0.25) is 0 Å². The number of amides is 1. The third-order valence-corrected chi connectivity index (χ3v) is 2.82. The van der Waals surface area contributed by atoms with Gasteiger partial charge in [-0.05, 0) is 36.4 Å². The number of nitrogen functional groups attached to an aromatic ring is 1. The number of hydrogen-bond acceptors (Lipinski definition) is 4. The van der Waals surface area contributed by atoms with Crippen LogP contribution in [0.3, 0.4) is 0 Å². The van der Waals surface area contributed by atoms with Crippen molar-refractivity contribution in [2.24, 2.45) is 5.73 Å². The SMILES string of the molecule is NC(=O)c1ccc(OCCCOc2cccc(N)c2)cc1. The van der Waals surface area contributed by atoms with Crippen molar-refractivity contribution in [3.05, 3.63) is 54.1 Å². The monoisotopic (exact) mass is 286 g/mol. The van der Waals surface area contributed by atoms with Gasteiger partial charge in [-0.3, -0.25) is 4.79 Å². The van der Waals surface area contributed by atoms with E-state index in [2.05, 4.69) is 0 Å². The Morgan fingerprint density at radius 1 is 0.952 bits per heavy atom. The lowest BCUT2D eigenvalue weighted by Crippen LogP contribution is -2.10. The van der Waals surface area contributed by atoms with Gasteiger partial charge in [0.15, 0.2) is 0 Å². The van der Waals surface area contributed by atoms with Crippen LogP contribution in [0.5, 0.6) is 11.5 Å². The summed E-state index contributed by atoms with van der Waals surface area (Å²) in [6.45, 7) is 1.07. The van der Waals surface area contributed by atoms with Gasteiger partial charge in [-0.25, -0.2) is 0 Å². The van der Waals surface area contributed by atoms with Crippen LogP contribution in [0.1, 0.15) is 16.8 Å². The highest BCUT2D eigenvalue weighted by atomic mass is 16.5. The van der Waals surface area contributed by atoms with Gasteiger partial charge in [0.2, 0.25) is 5.91 Å². The number of anilines is 1. The summed E-state index contributed by atoms with van der Waals surface area (Å²) in [7, 11) is 0. The van der Waals surface area contributed by atoms with E-state index in [-0.39, 0.29) is 0 Å². The minimum absolute atomic E-state index is 0.447. The molecule has 0 bridgehead atoms. The van der Waals surface area contributed by atoms with Crippen LogP contribution in [0.15, 0.2) is 48.5 Å². The summed E-state index contributed by atoms with van der Waals surface area (Å²) >= 11 is 0. The Hall–Kier alpha value is -2.69. The molecule has 0 spiro atoms. The molecule has 0 aromatic heterocycles. The standard InChI is InChI=1S/C16H18N2O3/c17-13-3-1-4-15(11-13)21-10-2-9-20-14-7-5-12(6-8-14)16(18)19/h1,3-8,11H,2,9-10,17H2,(H2,18,19). The number of carbonyl (C=O) groups is 1. The zero-order valence-electron chi connectivity index (χ0n) is 11.6. The quantitative estimate of drug-likeness (QED) is 0.603. The Balaban J connectivity index is 1.69. The molecule has 110 valence electrons. The fraction of sp³-hybridized carbons (Fsp3) is 0.188. The molecule has 0 unspecified atom stereocenters. The van der Waals surface area contributed by atoms with Gasteiger partial charge >= 0.3 is 0 Å². The van der Waals surface area contributed by atoms with Crippen LogP contribution in [0, 0.1) is 0 Å². The highest BCUT2D eigenvalue weighted by Gasteiger charge is 2.00. The van der Waals surface area contributed by atoms with Crippen molar-refractivity contribution in [2.75, 3.05) is 18.9 Å². The smallest absolute Gasteiger partial charge is 0.248 e. The van der Waals surface area contributed by atoms with E-state index in [1.54, 1.807) is 30.3 Å². The number of benzene rings is 2. The molecule has 2 aromatic rings. The van der Waals surface area contributed by atoms with E-state index in [1.165, 1.54) is 0 Å². The minimum atomic E-state index is -0.447. The molecule has 0 saturated carbocycles. The first-order chi connectivity index (χ1) is 10.1. The molecule has 0 atom stereocenters. The molecule has 4 N–H and O–H groups in total. The molecule has 21 heavy (non-hydrogen) atoms. The number of hydrogen-bond donors (Lipinski definition) is 2. The van der Waals surface area contributed by atoms with Crippen LogP contribution in [-0.2, 0) is 0 Å². The average molecular weight is 286 g/mol. The maximum Gasteiger partial charge on any atom is 0.248 e. The Bertz CT molecular complexity index is 597. The lowest BCUT2D eigenvalue weighted by molar-refractivity contribution is 0.100. The number of ether oxygens (including phenoxy) is 2. The lowest BCUT2D eigenvalue weighted by atomic mass is 10.2. The van der Waals surface area contributed by atoms with E-state index in [4.69, 9.17) is 20.9 Å². The molecule has 2 aromatic carbocycles. The predicted molar refractivity (Wildman–Crippen MR) is 81.4 cm³/mol. The van der Waals surface area contributed by atoms with Crippen LogP contribution in [-0.4, -0.2) is 19.1 Å². The van der Waals surface area contributed by atoms with Gasteiger partial charge in [-0.15, -0.1) is 0 Å². The topological polar surface area (TPSA) is 87.6 Å². The predicted octanol–water partition coefficient (Wildman–Crippen LogP) is 2.22. The largest absolute Gasteiger partial charge is 0.493 e. The summed E-state index contributed by atoms with van der Waals surface area (Å²) in [4.78, 5) is 10.9. The summed E-state index contributed by atoms with van der Waals surface area (Å²) in [6.07, 6.45) is 0.742. The molecule has 5 nitrogen and oxygen atoms in total. The zero-order valence-corrected chi connectivity index (χ0v) is 11.6. The Kier molecular flexibility index (Phi) is 5.04. The van der Waals surface area contributed by atoms with Crippen molar-refractivity contribution in [1.82, 2.24) is 0 Å². The van der Waals surface area contributed by atoms with Gasteiger partial charge < -0.3 is 20.9 Å². The third kappa shape index (κ3) is 4.72. The van der Waals surface area contributed by atoms with Crippen molar-refractivity contribution in [1.29, 1.82) is 0 Å². The van der Waals surface area contributed by atoms with Crippen LogP contribution < -0.4 is 20.9 Å². The van der Waals surface area contributed by atoms with E-state index < -0.39 is 5.91 Å². The van der Waals surface area contributed by atoms with Crippen molar-refractivity contribution in [3.63, 3.8) is 0 Å². The van der Waals surface area contributed by atoms with Gasteiger partial charge in [0.1, 0.15) is 11.5 Å². The third-order valence-electron chi connectivity index (χ3n) is 2.82. The van der Waals surface area contributed by atoms with E-state index in [9.17, 15) is 4.79 Å². The van der Waals surface area contributed by atoms with Crippen molar-refractivity contribution < 1.29 is 14.3 Å². The van der Waals surface area contributed by atoms with Crippen LogP contribution in [0.25, 0.3) is 0 Å². The fourth-order valence-corrected chi connectivity index (χ4v) is 1.76. The van der Waals surface area contributed by atoms with E-state index in [0.29, 0.717) is 30.2 Å². The summed E-state index contributed by atoms with van der Waals surface area (Å²) in [6, 6.07) is 14.0. The second-order valence-electron chi connectivity index (χ2n) is 4.51. The van der Waals surface area contributed by atoms with Crippen LogP contribution >= 0.6 is 0 Å². The summed E-state index contributed by atoms with van der Waals surface area (Å²) in [5.41, 5.74) is 12.0. The van der Waals surface area contributed by atoms with Gasteiger partial charge in [-0.1, -0.05) is 6.07 Å².